The Hall–Kier alpha value is -2.20. The van der Waals surface area contributed by atoms with E-state index in [0.29, 0.717) is 37.4 Å². The first-order valence-corrected chi connectivity index (χ1v) is 10.1. The summed E-state index contributed by atoms with van der Waals surface area (Å²) in [5, 5.41) is 11.1. The van der Waals surface area contributed by atoms with Crippen molar-refractivity contribution in [2.45, 2.75) is 38.1 Å². The average molecular weight is 380 g/mol. The van der Waals surface area contributed by atoms with Crippen LogP contribution in [0, 0.1) is 12.8 Å². The van der Waals surface area contributed by atoms with E-state index < -0.39 is 15.9 Å². The van der Waals surface area contributed by atoms with E-state index in [9.17, 15) is 13.2 Å². The summed E-state index contributed by atoms with van der Waals surface area (Å²) in [5.74, 6) is -0.135. The molecule has 0 spiro atoms. The van der Waals surface area contributed by atoms with E-state index in [0.717, 1.165) is 0 Å². The highest BCUT2D eigenvalue weighted by Gasteiger charge is 2.35. The van der Waals surface area contributed by atoms with Crippen LogP contribution >= 0.6 is 0 Å². The highest BCUT2D eigenvalue weighted by molar-refractivity contribution is 7.89. The Morgan fingerprint density at radius 1 is 1.38 bits per heavy atom. The standard InChI is InChI=1S/C16H24N6O3S/c1-4-21-11-14(12(2)18-21)26(24,25)22-8-5-6-13(10-22)16(23)17-15-7-9-20(3)19-15/h7,9,11,13H,4-6,8,10H2,1-3H3,(H,17,19,23). The molecule has 2 aromatic heterocycles. The first kappa shape index (κ1) is 18.6. The molecule has 26 heavy (non-hydrogen) atoms. The molecule has 3 rings (SSSR count). The van der Waals surface area contributed by atoms with E-state index in [4.69, 9.17) is 0 Å². The van der Waals surface area contributed by atoms with Crippen LogP contribution in [0.3, 0.4) is 0 Å². The summed E-state index contributed by atoms with van der Waals surface area (Å²) >= 11 is 0. The lowest BCUT2D eigenvalue weighted by molar-refractivity contribution is -0.120. The van der Waals surface area contributed by atoms with Crippen molar-refractivity contribution in [1.29, 1.82) is 0 Å². The summed E-state index contributed by atoms with van der Waals surface area (Å²) in [6, 6.07) is 1.71. The predicted molar refractivity (Wildman–Crippen MR) is 96.0 cm³/mol. The molecular formula is C16H24N6O3S. The Labute approximate surface area is 153 Å². The van der Waals surface area contributed by atoms with E-state index in [2.05, 4.69) is 15.5 Å². The molecule has 1 fully saturated rings. The highest BCUT2D eigenvalue weighted by Crippen LogP contribution is 2.26. The lowest BCUT2D eigenvalue weighted by Crippen LogP contribution is -2.43. The first-order chi connectivity index (χ1) is 12.3. The maximum atomic E-state index is 13.0. The van der Waals surface area contributed by atoms with Gasteiger partial charge in [0.15, 0.2) is 5.82 Å². The minimum Gasteiger partial charge on any atom is -0.309 e. The number of piperidine rings is 1. The second kappa shape index (κ2) is 7.20. The van der Waals surface area contributed by atoms with Gasteiger partial charge in [-0.2, -0.15) is 14.5 Å². The molecule has 1 amide bonds. The molecular weight excluding hydrogens is 356 g/mol. The van der Waals surface area contributed by atoms with Gasteiger partial charge < -0.3 is 5.32 Å². The number of amides is 1. The molecule has 9 nitrogen and oxygen atoms in total. The van der Waals surface area contributed by atoms with E-state index in [1.54, 1.807) is 41.8 Å². The van der Waals surface area contributed by atoms with Crippen molar-refractivity contribution in [2.24, 2.45) is 13.0 Å². The van der Waals surface area contributed by atoms with Crippen molar-refractivity contribution in [2.75, 3.05) is 18.4 Å². The highest BCUT2D eigenvalue weighted by atomic mass is 32.2. The third-order valence-corrected chi connectivity index (χ3v) is 6.53. The second-order valence-electron chi connectivity index (χ2n) is 6.50. The molecule has 1 N–H and O–H groups in total. The summed E-state index contributed by atoms with van der Waals surface area (Å²) in [6.45, 7) is 4.77. The topological polar surface area (TPSA) is 102 Å². The molecule has 0 bridgehead atoms. The molecule has 3 heterocycles. The second-order valence-corrected chi connectivity index (χ2v) is 8.41. The predicted octanol–water partition coefficient (Wildman–Crippen LogP) is 0.984. The van der Waals surface area contributed by atoms with Crippen LogP contribution in [-0.2, 0) is 28.4 Å². The van der Waals surface area contributed by atoms with Crippen LogP contribution in [0.5, 0.6) is 0 Å². The van der Waals surface area contributed by atoms with Gasteiger partial charge in [0.2, 0.25) is 15.9 Å². The maximum Gasteiger partial charge on any atom is 0.246 e. The van der Waals surface area contributed by atoms with Crippen molar-refractivity contribution in [3.05, 3.63) is 24.2 Å². The van der Waals surface area contributed by atoms with Crippen molar-refractivity contribution in [3.8, 4) is 0 Å². The molecule has 1 atom stereocenters. The molecule has 142 valence electrons. The van der Waals surface area contributed by atoms with E-state index >= 15 is 0 Å². The lowest BCUT2D eigenvalue weighted by atomic mass is 9.99. The van der Waals surface area contributed by atoms with Gasteiger partial charge in [0.1, 0.15) is 4.90 Å². The molecule has 1 unspecified atom stereocenters. The number of carbonyl (C=O) groups is 1. The fraction of sp³-hybridized carbons (Fsp3) is 0.562. The Kier molecular flexibility index (Phi) is 5.15. The fourth-order valence-electron chi connectivity index (χ4n) is 3.14. The van der Waals surface area contributed by atoms with Gasteiger partial charge in [-0.1, -0.05) is 0 Å². The number of anilines is 1. The molecule has 1 aliphatic rings. The van der Waals surface area contributed by atoms with Crippen molar-refractivity contribution in [3.63, 3.8) is 0 Å². The third-order valence-electron chi connectivity index (χ3n) is 4.56. The number of aryl methyl sites for hydroxylation is 3. The zero-order chi connectivity index (χ0) is 18.9. The minimum absolute atomic E-state index is 0.164. The zero-order valence-corrected chi connectivity index (χ0v) is 16.0. The van der Waals surface area contributed by atoms with Gasteiger partial charge in [0, 0.05) is 45.1 Å². The number of nitrogens with zero attached hydrogens (tertiary/aromatic N) is 5. The molecule has 2 aromatic rings. The van der Waals surface area contributed by atoms with Crippen LogP contribution in [0.4, 0.5) is 5.82 Å². The molecule has 10 heteroatoms. The minimum atomic E-state index is -3.67. The summed E-state index contributed by atoms with van der Waals surface area (Å²) in [6.07, 6.45) is 4.59. The Balaban J connectivity index is 1.74. The maximum absolute atomic E-state index is 13.0. The van der Waals surface area contributed by atoms with Gasteiger partial charge in [-0.25, -0.2) is 8.42 Å². The number of rotatable bonds is 5. The van der Waals surface area contributed by atoms with Crippen LogP contribution in [-0.4, -0.2) is 51.3 Å². The van der Waals surface area contributed by atoms with Crippen LogP contribution in [0.25, 0.3) is 0 Å². The van der Waals surface area contributed by atoms with Crippen LogP contribution in [0.15, 0.2) is 23.4 Å². The largest absolute Gasteiger partial charge is 0.309 e. The number of nitrogens with one attached hydrogen (secondary N) is 1. The number of hydrogen-bond acceptors (Lipinski definition) is 5. The first-order valence-electron chi connectivity index (χ1n) is 8.66. The zero-order valence-electron chi connectivity index (χ0n) is 15.2. The molecule has 1 saturated heterocycles. The normalized spacial score (nSPS) is 18.8. The van der Waals surface area contributed by atoms with Gasteiger partial charge in [-0.15, -0.1) is 0 Å². The van der Waals surface area contributed by atoms with Crippen molar-refractivity contribution < 1.29 is 13.2 Å². The quantitative estimate of drug-likeness (QED) is 0.833. The van der Waals surface area contributed by atoms with Gasteiger partial charge >= 0.3 is 0 Å². The van der Waals surface area contributed by atoms with Crippen LogP contribution < -0.4 is 5.32 Å². The number of carbonyl (C=O) groups excluding carboxylic acids is 1. The molecule has 0 radical (unpaired) electrons. The van der Waals surface area contributed by atoms with Crippen molar-refractivity contribution in [1.82, 2.24) is 23.9 Å². The SMILES string of the molecule is CCn1cc(S(=O)(=O)N2CCCC(C(=O)Nc3ccn(C)n3)C2)c(C)n1. The fourth-order valence-corrected chi connectivity index (χ4v) is 4.83. The summed E-state index contributed by atoms with van der Waals surface area (Å²) < 4.78 is 30.6. The van der Waals surface area contributed by atoms with Gasteiger partial charge in [-0.05, 0) is 26.7 Å². The summed E-state index contributed by atoms with van der Waals surface area (Å²) in [5.41, 5.74) is 0.479. The average Bonchev–Trinajstić information content (AvgIpc) is 3.20. The van der Waals surface area contributed by atoms with E-state index in [1.807, 2.05) is 6.92 Å². The lowest BCUT2D eigenvalue weighted by Gasteiger charge is -2.30. The number of aromatic nitrogens is 4. The third kappa shape index (κ3) is 3.65. The van der Waals surface area contributed by atoms with Crippen LogP contribution in [0.2, 0.25) is 0 Å². The monoisotopic (exact) mass is 380 g/mol. The number of hydrogen-bond donors (Lipinski definition) is 1. The molecule has 1 aliphatic heterocycles. The van der Waals surface area contributed by atoms with Gasteiger partial charge in [0.05, 0.1) is 11.6 Å². The smallest absolute Gasteiger partial charge is 0.246 e. The van der Waals surface area contributed by atoms with Gasteiger partial charge in [0.25, 0.3) is 0 Å². The Morgan fingerprint density at radius 2 is 2.15 bits per heavy atom. The summed E-state index contributed by atoms with van der Waals surface area (Å²) in [4.78, 5) is 12.7. The summed E-state index contributed by atoms with van der Waals surface area (Å²) in [7, 11) is -1.90. The van der Waals surface area contributed by atoms with Crippen molar-refractivity contribution >= 4 is 21.7 Å². The Bertz CT molecular complexity index is 901. The van der Waals surface area contributed by atoms with E-state index in [1.165, 1.54) is 4.31 Å². The Morgan fingerprint density at radius 3 is 2.77 bits per heavy atom. The molecule has 0 aromatic carbocycles. The van der Waals surface area contributed by atoms with E-state index in [-0.39, 0.29) is 17.3 Å². The van der Waals surface area contributed by atoms with Gasteiger partial charge in [-0.3, -0.25) is 14.2 Å². The van der Waals surface area contributed by atoms with Crippen LogP contribution in [0.1, 0.15) is 25.5 Å². The molecule has 0 saturated carbocycles. The number of sulfonamides is 1. The molecule has 0 aliphatic carbocycles.